The van der Waals surface area contributed by atoms with Crippen LogP contribution in [0.4, 0.5) is 11.6 Å². The molecule has 1 saturated carbocycles. The van der Waals surface area contributed by atoms with Gasteiger partial charge in [0.2, 0.25) is 5.88 Å². The van der Waals surface area contributed by atoms with Crippen molar-refractivity contribution < 1.29 is 4.74 Å². The number of ether oxygens (including phenoxy) is 1. The first-order chi connectivity index (χ1) is 17.5. The highest BCUT2D eigenvalue weighted by Crippen LogP contribution is 2.38. The number of pyridine rings is 1. The molecule has 182 valence electrons. The maximum absolute atomic E-state index is 6.12. The zero-order valence-electron chi connectivity index (χ0n) is 20.6. The first-order valence-corrected chi connectivity index (χ1v) is 12.2. The van der Waals surface area contributed by atoms with E-state index < -0.39 is 0 Å². The lowest BCUT2D eigenvalue weighted by Gasteiger charge is -2.16. The fourth-order valence-electron chi connectivity index (χ4n) is 4.63. The van der Waals surface area contributed by atoms with Crippen LogP contribution in [0.25, 0.3) is 16.4 Å². The average molecular weight is 481 g/mol. The van der Waals surface area contributed by atoms with E-state index in [2.05, 4.69) is 51.2 Å². The Morgan fingerprint density at radius 3 is 2.81 bits per heavy atom. The van der Waals surface area contributed by atoms with Gasteiger partial charge in [-0.05, 0) is 80.0 Å². The van der Waals surface area contributed by atoms with Gasteiger partial charge in [0, 0.05) is 30.1 Å². The lowest BCUT2D eigenvalue weighted by atomic mass is 9.96. The minimum atomic E-state index is -0.289. The molecule has 4 heterocycles. The molecule has 1 aliphatic rings. The second-order valence-corrected chi connectivity index (χ2v) is 9.44. The van der Waals surface area contributed by atoms with Crippen molar-refractivity contribution in [3.63, 3.8) is 0 Å². The molecule has 9 nitrogen and oxygen atoms in total. The molecule has 1 aliphatic carbocycles. The van der Waals surface area contributed by atoms with Gasteiger partial charge in [-0.3, -0.25) is 0 Å². The van der Waals surface area contributed by atoms with E-state index in [1.54, 1.807) is 6.20 Å². The normalized spacial score (nSPS) is 14.3. The average Bonchev–Trinajstić information content (AvgIpc) is 3.63. The van der Waals surface area contributed by atoms with Crippen LogP contribution < -0.4 is 15.8 Å². The van der Waals surface area contributed by atoms with Crippen LogP contribution in [0, 0.1) is 13.8 Å². The number of nitrogens with zero attached hydrogens (tertiary/aromatic N) is 6. The summed E-state index contributed by atoms with van der Waals surface area (Å²) >= 11 is 0. The number of aryl methyl sites for hydroxylation is 2. The van der Waals surface area contributed by atoms with E-state index in [4.69, 9.17) is 15.6 Å². The molecule has 3 N–H and O–H groups in total. The number of anilines is 2. The van der Waals surface area contributed by atoms with E-state index in [1.165, 1.54) is 30.3 Å². The molecule has 1 unspecified atom stereocenters. The Bertz CT molecular complexity index is 1590. The van der Waals surface area contributed by atoms with Crippen molar-refractivity contribution in [3.05, 3.63) is 77.1 Å². The van der Waals surface area contributed by atoms with Gasteiger partial charge in [0.15, 0.2) is 5.65 Å². The summed E-state index contributed by atoms with van der Waals surface area (Å²) < 4.78 is 7.96. The molecular weight excluding hydrogens is 452 g/mol. The number of imidazole rings is 1. The summed E-state index contributed by atoms with van der Waals surface area (Å²) in [5.74, 6) is 2.31. The van der Waals surface area contributed by atoms with Crippen molar-refractivity contribution in [2.45, 2.75) is 52.2 Å². The maximum Gasteiger partial charge on any atom is 0.219 e. The minimum absolute atomic E-state index is 0.289. The molecule has 0 bridgehead atoms. The van der Waals surface area contributed by atoms with E-state index in [9.17, 15) is 0 Å². The summed E-state index contributed by atoms with van der Waals surface area (Å²) in [6, 6.07) is 10.00. The van der Waals surface area contributed by atoms with Crippen LogP contribution in [-0.4, -0.2) is 29.5 Å². The predicted octanol–water partition coefficient (Wildman–Crippen LogP) is 4.90. The Morgan fingerprint density at radius 1 is 1.11 bits per heavy atom. The summed E-state index contributed by atoms with van der Waals surface area (Å²) in [6.45, 7) is 6.77. The first kappa shape index (κ1) is 22.2. The second kappa shape index (κ2) is 8.75. The lowest BCUT2D eigenvalue weighted by molar-refractivity contribution is 0.213. The molecule has 1 fully saturated rings. The van der Waals surface area contributed by atoms with Gasteiger partial charge < -0.3 is 15.8 Å². The molecule has 1 atom stereocenters. The standard InChI is InChI=1S/C27H28N8O/c1-15-10-20-19(8-9-29-27(20)28)16(2)21(15)12-30-24-11-26(32-14-31-24)36-17(3)23-13-35-25(33-23)7-6-22(34-35)18-4-5-18/h6-11,13-14,17-18H,4-5,12H2,1-3H3,(H2,28,29)(H,30,31,32). The molecule has 6 rings (SSSR count). The Kier molecular flexibility index (Phi) is 5.40. The third kappa shape index (κ3) is 4.17. The van der Waals surface area contributed by atoms with Gasteiger partial charge in [-0.25, -0.2) is 24.5 Å². The van der Waals surface area contributed by atoms with E-state index in [0.29, 0.717) is 30.0 Å². The number of aromatic nitrogens is 6. The van der Waals surface area contributed by atoms with Crippen LogP contribution in [0.3, 0.4) is 0 Å². The summed E-state index contributed by atoms with van der Waals surface area (Å²) in [5.41, 5.74) is 12.4. The largest absolute Gasteiger partial charge is 0.468 e. The first-order valence-electron chi connectivity index (χ1n) is 12.2. The highest BCUT2D eigenvalue weighted by atomic mass is 16.5. The topological polar surface area (TPSA) is 116 Å². The van der Waals surface area contributed by atoms with Crippen molar-refractivity contribution in [2.75, 3.05) is 11.1 Å². The zero-order valence-corrected chi connectivity index (χ0v) is 20.6. The highest BCUT2D eigenvalue weighted by molar-refractivity contribution is 5.94. The maximum atomic E-state index is 6.12. The fraction of sp³-hybridized carbons (Fsp3) is 0.296. The Hall–Kier alpha value is -4.27. The molecular formula is C27H28N8O. The molecule has 0 saturated heterocycles. The van der Waals surface area contributed by atoms with Gasteiger partial charge in [0.25, 0.3) is 0 Å². The molecule has 1 aromatic carbocycles. The van der Waals surface area contributed by atoms with Crippen LogP contribution in [-0.2, 0) is 6.54 Å². The van der Waals surface area contributed by atoms with E-state index in [-0.39, 0.29) is 6.10 Å². The van der Waals surface area contributed by atoms with E-state index in [0.717, 1.165) is 33.4 Å². The summed E-state index contributed by atoms with van der Waals surface area (Å²) in [6.07, 6.45) is 7.33. The highest BCUT2D eigenvalue weighted by Gasteiger charge is 2.25. The van der Waals surface area contributed by atoms with Crippen molar-refractivity contribution in [2.24, 2.45) is 0 Å². The third-order valence-electron chi connectivity index (χ3n) is 6.87. The summed E-state index contributed by atoms with van der Waals surface area (Å²) in [7, 11) is 0. The molecule has 0 amide bonds. The monoisotopic (exact) mass is 480 g/mol. The molecule has 36 heavy (non-hydrogen) atoms. The van der Waals surface area contributed by atoms with Gasteiger partial charge in [-0.15, -0.1) is 0 Å². The zero-order chi connectivity index (χ0) is 24.8. The van der Waals surface area contributed by atoms with Gasteiger partial charge >= 0.3 is 0 Å². The Morgan fingerprint density at radius 2 is 1.97 bits per heavy atom. The number of nitrogen functional groups attached to an aromatic ring is 1. The molecule has 4 aromatic heterocycles. The number of fused-ring (bicyclic) bond motifs is 2. The number of rotatable bonds is 7. The van der Waals surface area contributed by atoms with Crippen molar-refractivity contribution in [1.29, 1.82) is 0 Å². The molecule has 0 spiro atoms. The van der Waals surface area contributed by atoms with Gasteiger partial charge in [-0.2, -0.15) is 5.10 Å². The quantitative estimate of drug-likeness (QED) is 0.338. The van der Waals surface area contributed by atoms with Crippen molar-refractivity contribution >= 4 is 28.1 Å². The van der Waals surface area contributed by atoms with Crippen LogP contribution in [0.1, 0.15) is 59.9 Å². The smallest absolute Gasteiger partial charge is 0.219 e. The van der Waals surface area contributed by atoms with Crippen LogP contribution in [0.2, 0.25) is 0 Å². The molecule has 5 aromatic rings. The predicted molar refractivity (Wildman–Crippen MR) is 139 cm³/mol. The van der Waals surface area contributed by atoms with Crippen molar-refractivity contribution in [3.8, 4) is 5.88 Å². The minimum Gasteiger partial charge on any atom is -0.468 e. The Balaban J connectivity index is 1.17. The summed E-state index contributed by atoms with van der Waals surface area (Å²) in [5, 5.41) is 10.2. The molecule has 0 aliphatic heterocycles. The summed E-state index contributed by atoms with van der Waals surface area (Å²) in [4.78, 5) is 17.6. The van der Waals surface area contributed by atoms with Gasteiger partial charge in [0.05, 0.1) is 11.9 Å². The molecule has 9 heteroatoms. The fourth-order valence-corrected chi connectivity index (χ4v) is 4.63. The SMILES string of the molecule is Cc1cc2c(N)nccc2c(C)c1CNc1cc(OC(C)c2cn3nc(C4CC4)ccc3n2)ncn1. The van der Waals surface area contributed by atoms with Crippen LogP contribution in [0.5, 0.6) is 5.88 Å². The number of hydrogen-bond acceptors (Lipinski definition) is 8. The van der Waals surface area contributed by atoms with E-state index in [1.807, 2.05) is 35.8 Å². The lowest BCUT2D eigenvalue weighted by Crippen LogP contribution is -2.08. The van der Waals surface area contributed by atoms with E-state index >= 15 is 0 Å². The van der Waals surface area contributed by atoms with Crippen LogP contribution in [0.15, 0.2) is 49.1 Å². The number of benzene rings is 1. The Labute approximate surface area is 208 Å². The van der Waals surface area contributed by atoms with Crippen molar-refractivity contribution in [1.82, 2.24) is 29.5 Å². The number of nitrogens with one attached hydrogen (secondary N) is 1. The van der Waals surface area contributed by atoms with Gasteiger partial charge in [0.1, 0.15) is 29.8 Å². The molecule has 0 radical (unpaired) electrons. The number of nitrogens with two attached hydrogens (primary N) is 1. The third-order valence-corrected chi connectivity index (χ3v) is 6.87. The van der Waals surface area contributed by atoms with Crippen LogP contribution >= 0.6 is 0 Å². The van der Waals surface area contributed by atoms with Gasteiger partial charge in [-0.1, -0.05) is 0 Å². The second-order valence-electron chi connectivity index (χ2n) is 9.44. The number of hydrogen-bond donors (Lipinski definition) is 2.